The molecule has 1 aromatic heterocycles. The van der Waals surface area contributed by atoms with Gasteiger partial charge in [0, 0.05) is 4.90 Å². The van der Waals surface area contributed by atoms with Crippen LogP contribution in [0.25, 0.3) is 0 Å². The highest BCUT2D eigenvalue weighted by molar-refractivity contribution is 7.99. The molecule has 1 nitrogen and oxygen atoms in total. The minimum atomic E-state index is -4.45. The number of alkyl halides is 3. The number of rotatable bonds is 2. The SMILES string of the molecule is FC(F)(F)c1cccc(Sc2ccc(Cl)c(Cl)c2)n1. The van der Waals surface area contributed by atoms with Gasteiger partial charge in [-0.15, -0.1) is 0 Å². The van der Waals surface area contributed by atoms with Gasteiger partial charge in [0.05, 0.1) is 10.0 Å². The first-order valence-electron chi connectivity index (χ1n) is 5.03. The van der Waals surface area contributed by atoms with Crippen LogP contribution in [-0.2, 0) is 6.18 Å². The first kappa shape index (κ1) is 14.5. The van der Waals surface area contributed by atoms with Crippen molar-refractivity contribution in [1.29, 1.82) is 0 Å². The van der Waals surface area contributed by atoms with Gasteiger partial charge in [0.1, 0.15) is 10.7 Å². The molecule has 0 aliphatic heterocycles. The minimum absolute atomic E-state index is 0.244. The third-order valence-electron chi connectivity index (χ3n) is 2.13. The lowest BCUT2D eigenvalue weighted by atomic mass is 10.3. The Labute approximate surface area is 121 Å². The quantitative estimate of drug-likeness (QED) is 0.717. The summed E-state index contributed by atoms with van der Waals surface area (Å²) < 4.78 is 37.5. The van der Waals surface area contributed by atoms with Crippen molar-refractivity contribution in [3.05, 3.63) is 52.1 Å². The van der Waals surface area contributed by atoms with Gasteiger partial charge in [0.2, 0.25) is 0 Å². The van der Waals surface area contributed by atoms with E-state index in [1.165, 1.54) is 12.1 Å². The van der Waals surface area contributed by atoms with Gasteiger partial charge in [0.15, 0.2) is 0 Å². The summed E-state index contributed by atoms with van der Waals surface area (Å²) in [6.07, 6.45) is -4.45. The Bertz CT molecular complexity index is 602. The number of benzene rings is 1. The molecule has 0 amide bonds. The van der Waals surface area contributed by atoms with Crippen LogP contribution in [0.1, 0.15) is 5.69 Å². The molecule has 0 radical (unpaired) electrons. The van der Waals surface area contributed by atoms with Crippen molar-refractivity contribution in [2.45, 2.75) is 16.1 Å². The van der Waals surface area contributed by atoms with Crippen molar-refractivity contribution in [3.63, 3.8) is 0 Å². The number of nitrogens with zero attached hydrogens (tertiary/aromatic N) is 1. The molecule has 1 aromatic carbocycles. The molecule has 0 N–H and O–H groups in total. The van der Waals surface area contributed by atoms with Crippen molar-refractivity contribution in [1.82, 2.24) is 4.98 Å². The second-order valence-corrected chi connectivity index (χ2v) is 5.45. The molecular formula is C12H6Cl2F3NS. The fraction of sp³-hybridized carbons (Fsp3) is 0.0833. The first-order chi connectivity index (χ1) is 8.86. The lowest BCUT2D eigenvalue weighted by molar-refractivity contribution is -0.141. The van der Waals surface area contributed by atoms with Gasteiger partial charge in [-0.2, -0.15) is 13.2 Å². The van der Waals surface area contributed by atoms with Crippen LogP contribution in [0, 0.1) is 0 Å². The lowest BCUT2D eigenvalue weighted by Gasteiger charge is -2.07. The maximum absolute atomic E-state index is 12.5. The molecule has 1 heterocycles. The van der Waals surface area contributed by atoms with Crippen molar-refractivity contribution in [2.24, 2.45) is 0 Å². The molecule has 0 unspecified atom stereocenters. The monoisotopic (exact) mass is 323 g/mol. The van der Waals surface area contributed by atoms with Gasteiger partial charge in [-0.25, -0.2) is 4.98 Å². The van der Waals surface area contributed by atoms with Crippen molar-refractivity contribution in [2.75, 3.05) is 0 Å². The molecule has 100 valence electrons. The Balaban J connectivity index is 2.26. The molecule has 0 fully saturated rings. The highest BCUT2D eigenvalue weighted by atomic mass is 35.5. The highest BCUT2D eigenvalue weighted by Gasteiger charge is 2.32. The summed E-state index contributed by atoms with van der Waals surface area (Å²) in [6.45, 7) is 0. The Hall–Kier alpha value is -0.910. The maximum atomic E-state index is 12.5. The fourth-order valence-corrected chi connectivity index (χ4v) is 2.50. The Morgan fingerprint density at radius 1 is 1.00 bits per heavy atom. The van der Waals surface area contributed by atoms with Crippen LogP contribution in [0.2, 0.25) is 10.0 Å². The van der Waals surface area contributed by atoms with Gasteiger partial charge < -0.3 is 0 Å². The molecule has 0 aliphatic carbocycles. The van der Waals surface area contributed by atoms with Crippen LogP contribution >= 0.6 is 35.0 Å². The van der Waals surface area contributed by atoms with Crippen LogP contribution in [-0.4, -0.2) is 4.98 Å². The average Bonchev–Trinajstić information content (AvgIpc) is 2.33. The Kier molecular flexibility index (Phi) is 4.28. The third-order valence-corrected chi connectivity index (χ3v) is 3.79. The molecule has 0 spiro atoms. The summed E-state index contributed by atoms with van der Waals surface area (Å²) in [6, 6.07) is 8.58. The van der Waals surface area contributed by atoms with Crippen LogP contribution in [0.5, 0.6) is 0 Å². The summed E-state index contributed by atoms with van der Waals surface area (Å²) in [5.74, 6) is 0. The van der Waals surface area contributed by atoms with Gasteiger partial charge >= 0.3 is 6.18 Å². The predicted octanol–water partition coefficient (Wildman–Crippen LogP) is 5.56. The second-order valence-electron chi connectivity index (χ2n) is 3.54. The second kappa shape index (κ2) is 5.61. The molecule has 7 heteroatoms. The van der Waals surface area contributed by atoms with Crippen LogP contribution < -0.4 is 0 Å². The largest absolute Gasteiger partial charge is 0.433 e. The van der Waals surface area contributed by atoms with Crippen molar-refractivity contribution in [3.8, 4) is 0 Å². The average molecular weight is 324 g/mol. The molecule has 0 saturated heterocycles. The molecule has 0 bridgehead atoms. The van der Waals surface area contributed by atoms with E-state index < -0.39 is 11.9 Å². The fourth-order valence-electron chi connectivity index (χ4n) is 1.29. The van der Waals surface area contributed by atoms with E-state index in [9.17, 15) is 13.2 Å². The van der Waals surface area contributed by atoms with E-state index in [1.54, 1.807) is 18.2 Å². The smallest absolute Gasteiger partial charge is 0.237 e. The van der Waals surface area contributed by atoms with E-state index in [4.69, 9.17) is 23.2 Å². The van der Waals surface area contributed by atoms with E-state index in [-0.39, 0.29) is 5.03 Å². The molecule has 0 atom stereocenters. The van der Waals surface area contributed by atoms with Crippen LogP contribution in [0.4, 0.5) is 13.2 Å². The third kappa shape index (κ3) is 3.78. The van der Waals surface area contributed by atoms with Crippen molar-refractivity contribution < 1.29 is 13.2 Å². The number of aromatic nitrogens is 1. The number of halogens is 5. The van der Waals surface area contributed by atoms with Gasteiger partial charge in [-0.1, -0.05) is 41.0 Å². The zero-order valence-electron chi connectivity index (χ0n) is 9.21. The Morgan fingerprint density at radius 3 is 2.37 bits per heavy atom. The highest BCUT2D eigenvalue weighted by Crippen LogP contribution is 2.34. The van der Waals surface area contributed by atoms with Crippen LogP contribution in [0.3, 0.4) is 0 Å². The van der Waals surface area contributed by atoms with Gasteiger partial charge in [-0.3, -0.25) is 0 Å². The first-order valence-corrected chi connectivity index (χ1v) is 6.60. The molecule has 2 rings (SSSR count). The van der Waals surface area contributed by atoms with Gasteiger partial charge in [0.25, 0.3) is 0 Å². The normalized spacial score (nSPS) is 11.6. The molecular weight excluding hydrogens is 318 g/mol. The molecule has 0 aliphatic rings. The lowest BCUT2D eigenvalue weighted by Crippen LogP contribution is -2.07. The van der Waals surface area contributed by atoms with Gasteiger partial charge in [-0.05, 0) is 30.3 Å². The van der Waals surface area contributed by atoms with Crippen molar-refractivity contribution >= 4 is 35.0 Å². The number of hydrogen-bond donors (Lipinski definition) is 0. The van der Waals surface area contributed by atoms with E-state index in [0.29, 0.717) is 14.9 Å². The summed E-state index contributed by atoms with van der Waals surface area (Å²) in [5.41, 5.74) is -0.919. The summed E-state index contributed by atoms with van der Waals surface area (Å²) in [4.78, 5) is 4.22. The summed E-state index contributed by atoms with van der Waals surface area (Å²) >= 11 is 12.7. The maximum Gasteiger partial charge on any atom is 0.433 e. The standard InChI is InChI=1S/C12H6Cl2F3NS/c13-8-5-4-7(6-9(8)14)19-11-3-1-2-10(18-11)12(15,16)17/h1-6H. The molecule has 19 heavy (non-hydrogen) atoms. The van der Waals surface area contributed by atoms with E-state index in [1.807, 2.05) is 0 Å². The molecule has 2 aromatic rings. The predicted molar refractivity (Wildman–Crippen MR) is 69.8 cm³/mol. The van der Waals surface area contributed by atoms with Crippen LogP contribution in [0.15, 0.2) is 46.3 Å². The topological polar surface area (TPSA) is 12.9 Å². The summed E-state index contributed by atoms with van der Waals surface area (Å²) in [7, 11) is 0. The minimum Gasteiger partial charge on any atom is -0.237 e. The Morgan fingerprint density at radius 2 is 1.74 bits per heavy atom. The number of pyridine rings is 1. The summed E-state index contributed by atoms with van der Waals surface area (Å²) in [5, 5.41) is 0.981. The number of hydrogen-bond acceptors (Lipinski definition) is 2. The molecule has 0 saturated carbocycles. The zero-order valence-corrected chi connectivity index (χ0v) is 11.5. The van der Waals surface area contributed by atoms with E-state index in [0.717, 1.165) is 17.8 Å². The van der Waals surface area contributed by atoms with E-state index in [2.05, 4.69) is 4.98 Å². The van der Waals surface area contributed by atoms with E-state index >= 15 is 0 Å². The zero-order chi connectivity index (χ0) is 14.0.